The van der Waals surface area contributed by atoms with Gasteiger partial charge in [-0.25, -0.2) is 0 Å². The van der Waals surface area contributed by atoms with Gasteiger partial charge in [-0.05, 0) is 44.6 Å². The molecule has 1 atom stereocenters. The summed E-state index contributed by atoms with van der Waals surface area (Å²) < 4.78 is 5.71. The third-order valence-corrected chi connectivity index (χ3v) is 4.76. The zero-order valence-corrected chi connectivity index (χ0v) is 12.6. The molecule has 0 radical (unpaired) electrons. The number of aromatic nitrogens is 1. The van der Waals surface area contributed by atoms with Crippen LogP contribution in [0.4, 0.5) is 0 Å². The molecule has 1 aromatic rings. The smallest absolute Gasteiger partial charge is 0.257 e. The standard InChI is InChI=1S/C16H22N2O3/c1-11-7-13(14(19)9-17-11)15(20)18-5-3-16(4-6-18)8-12(2)21-10-16/h7,9,12,19H,3-6,8,10H2,1-2H3. The second-order valence-electron chi connectivity index (χ2n) is 6.46. The van der Waals surface area contributed by atoms with Crippen LogP contribution < -0.4 is 0 Å². The van der Waals surface area contributed by atoms with E-state index in [2.05, 4.69) is 11.9 Å². The number of pyridine rings is 1. The van der Waals surface area contributed by atoms with Crippen LogP contribution in [0, 0.1) is 12.3 Å². The Morgan fingerprint density at radius 3 is 2.81 bits per heavy atom. The first-order chi connectivity index (χ1) is 9.99. The van der Waals surface area contributed by atoms with Crippen LogP contribution in [-0.2, 0) is 4.74 Å². The number of piperidine rings is 1. The van der Waals surface area contributed by atoms with E-state index in [-0.39, 0.29) is 17.1 Å². The SMILES string of the molecule is Cc1cc(C(=O)N2CCC3(CC2)COC(C)C3)c(O)cn1. The molecular formula is C16H22N2O3. The number of nitrogens with zero attached hydrogens (tertiary/aromatic N) is 2. The fraction of sp³-hybridized carbons (Fsp3) is 0.625. The Hall–Kier alpha value is -1.62. The van der Waals surface area contributed by atoms with Gasteiger partial charge in [0.25, 0.3) is 5.91 Å². The van der Waals surface area contributed by atoms with Crippen LogP contribution >= 0.6 is 0 Å². The van der Waals surface area contributed by atoms with Gasteiger partial charge in [-0.3, -0.25) is 9.78 Å². The van der Waals surface area contributed by atoms with Crippen LogP contribution in [0.25, 0.3) is 0 Å². The average molecular weight is 290 g/mol. The van der Waals surface area contributed by atoms with Gasteiger partial charge >= 0.3 is 0 Å². The molecule has 114 valence electrons. The van der Waals surface area contributed by atoms with E-state index in [1.807, 2.05) is 11.8 Å². The van der Waals surface area contributed by atoms with Crippen molar-refractivity contribution in [3.8, 4) is 5.75 Å². The van der Waals surface area contributed by atoms with Gasteiger partial charge in [0.2, 0.25) is 0 Å². The van der Waals surface area contributed by atoms with Crippen molar-refractivity contribution in [3.05, 3.63) is 23.5 Å². The fourth-order valence-corrected chi connectivity index (χ4v) is 3.47. The number of aryl methyl sites for hydroxylation is 1. The molecule has 3 rings (SSSR count). The van der Waals surface area contributed by atoms with E-state index in [0.717, 1.165) is 44.7 Å². The molecule has 0 aliphatic carbocycles. The van der Waals surface area contributed by atoms with E-state index in [4.69, 9.17) is 4.74 Å². The number of hydrogen-bond donors (Lipinski definition) is 1. The Labute approximate surface area is 124 Å². The molecule has 0 aromatic carbocycles. The quantitative estimate of drug-likeness (QED) is 0.860. The molecule has 0 bridgehead atoms. The average Bonchev–Trinajstić information content (AvgIpc) is 2.83. The lowest BCUT2D eigenvalue weighted by Gasteiger charge is -2.38. The number of rotatable bonds is 1. The molecule has 1 N–H and O–H groups in total. The van der Waals surface area contributed by atoms with Crippen molar-refractivity contribution in [1.29, 1.82) is 0 Å². The molecule has 1 aromatic heterocycles. The topological polar surface area (TPSA) is 62.7 Å². The number of ether oxygens (including phenoxy) is 1. The lowest BCUT2D eigenvalue weighted by molar-refractivity contribution is 0.0504. The first-order valence-corrected chi connectivity index (χ1v) is 7.56. The zero-order chi connectivity index (χ0) is 15.0. The number of carbonyl (C=O) groups is 1. The van der Waals surface area contributed by atoms with Crippen molar-refractivity contribution in [1.82, 2.24) is 9.88 Å². The highest BCUT2D eigenvalue weighted by Crippen LogP contribution is 2.42. The molecule has 2 aliphatic heterocycles. The van der Waals surface area contributed by atoms with Gasteiger partial charge in [-0.15, -0.1) is 0 Å². The molecule has 1 amide bonds. The van der Waals surface area contributed by atoms with Crippen molar-refractivity contribution in [2.24, 2.45) is 5.41 Å². The van der Waals surface area contributed by atoms with Crippen molar-refractivity contribution in [3.63, 3.8) is 0 Å². The predicted octanol–water partition coefficient (Wildman–Crippen LogP) is 2.13. The van der Waals surface area contributed by atoms with Crippen LogP contribution in [0.5, 0.6) is 5.75 Å². The summed E-state index contributed by atoms with van der Waals surface area (Å²) in [5, 5.41) is 9.85. The number of carbonyl (C=O) groups excluding carboxylic acids is 1. The lowest BCUT2D eigenvalue weighted by atomic mass is 9.77. The molecule has 2 saturated heterocycles. The minimum Gasteiger partial charge on any atom is -0.505 e. The summed E-state index contributed by atoms with van der Waals surface area (Å²) in [6.45, 7) is 6.21. The monoisotopic (exact) mass is 290 g/mol. The molecule has 2 fully saturated rings. The Kier molecular flexibility index (Phi) is 3.61. The normalized spacial score (nSPS) is 24.5. The van der Waals surface area contributed by atoms with Crippen LogP contribution in [0.2, 0.25) is 0 Å². The summed E-state index contributed by atoms with van der Waals surface area (Å²) in [7, 11) is 0. The molecule has 2 aliphatic rings. The molecule has 0 saturated carbocycles. The van der Waals surface area contributed by atoms with Crippen LogP contribution in [-0.4, -0.2) is 46.7 Å². The molecule has 1 unspecified atom stereocenters. The summed E-state index contributed by atoms with van der Waals surface area (Å²) in [6, 6.07) is 1.66. The third kappa shape index (κ3) is 2.75. The van der Waals surface area contributed by atoms with Gasteiger partial charge < -0.3 is 14.7 Å². The van der Waals surface area contributed by atoms with Gasteiger partial charge in [-0.1, -0.05) is 0 Å². The molecule has 21 heavy (non-hydrogen) atoms. The molecule has 1 spiro atoms. The van der Waals surface area contributed by atoms with E-state index >= 15 is 0 Å². The first kappa shape index (κ1) is 14.3. The largest absolute Gasteiger partial charge is 0.505 e. The first-order valence-electron chi connectivity index (χ1n) is 7.56. The lowest BCUT2D eigenvalue weighted by Crippen LogP contribution is -2.43. The second kappa shape index (κ2) is 5.30. The maximum absolute atomic E-state index is 12.5. The number of likely N-dealkylation sites (tertiary alicyclic amines) is 1. The number of hydrogen-bond acceptors (Lipinski definition) is 4. The highest BCUT2D eigenvalue weighted by atomic mass is 16.5. The van der Waals surface area contributed by atoms with Crippen LogP contribution in [0.3, 0.4) is 0 Å². The second-order valence-corrected chi connectivity index (χ2v) is 6.46. The molecular weight excluding hydrogens is 268 g/mol. The van der Waals surface area contributed by atoms with Crippen molar-refractivity contribution >= 4 is 5.91 Å². The fourth-order valence-electron chi connectivity index (χ4n) is 3.47. The maximum atomic E-state index is 12.5. The molecule has 3 heterocycles. The van der Waals surface area contributed by atoms with Gasteiger partial charge in [-0.2, -0.15) is 0 Å². The van der Waals surface area contributed by atoms with E-state index in [9.17, 15) is 9.90 Å². The Bertz CT molecular complexity index is 550. The molecule has 5 heteroatoms. The van der Waals surface area contributed by atoms with Gasteiger partial charge in [0.05, 0.1) is 24.5 Å². The Balaban J connectivity index is 1.69. The van der Waals surface area contributed by atoms with Crippen molar-refractivity contribution < 1.29 is 14.6 Å². The third-order valence-electron chi connectivity index (χ3n) is 4.76. The van der Waals surface area contributed by atoms with E-state index < -0.39 is 0 Å². The highest BCUT2D eigenvalue weighted by Gasteiger charge is 2.41. The van der Waals surface area contributed by atoms with Gasteiger partial charge in [0.15, 0.2) is 0 Å². The zero-order valence-electron chi connectivity index (χ0n) is 12.6. The summed E-state index contributed by atoms with van der Waals surface area (Å²) in [6.07, 6.45) is 4.73. The summed E-state index contributed by atoms with van der Waals surface area (Å²) in [5.74, 6) is -0.136. The molecule has 5 nitrogen and oxygen atoms in total. The Morgan fingerprint density at radius 2 is 2.19 bits per heavy atom. The minimum absolute atomic E-state index is 0.0382. The van der Waals surface area contributed by atoms with Gasteiger partial charge in [0, 0.05) is 18.8 Å². The summed E-state index contributed by atoms with van der Waals surface area (Å²) in [4.78, 5) is 18.4. The summed E-state index contributed by atoms with van der Waals surface area (Å²) in [5.41, 5.74) is 1.35. The van der Waals surface area contributed by atoms with Gasteiger partial charge in [0.1, 0.15) is 5.75 Å². The maximum Gasteiger partial charge on any atom is 0.257 e. The van der Waals surface area contributed by atoms with Crippen molar-refractivity contribution in [2.75, 3.05) is 19.7 Å². The van der Waals surface area contributed by atoms with E-state index in [1.54, 1.807) is 6.07 Å². The van der Waals surface area contributed by atoms with Crippen LogP contribution in [0.15, 0.2) is 12.3 Å². The highest BCUT2D eigenvalue weighted by molar-refractivity contribution is 5.96. The Morgan fingerprint density at radius 1 is 1.48 bits per heavy atom. The summed E-state index contributed by atoms with van der Waals surface area (Å²) >= 11 is 0. The number of aromatic hydroxyl groups is 1. The van der Waals surface area contributed by atoms with Crippen LogP contribution in [0.1, 0.15) is 42.2 Å². The van der Waals surface area contributed by atoms with E-state index in [1.165, 1.54) is 6.20 Å². The van der Waals surface area contributed by atoms with Crippen molar-refractivity contribution in [2.45, 2.75) is 39.2 Å². The minimum atomic E-state index is -0.0974. The number of amides is 1. The predicted molar refractivity (Wildman–Crippen MR) is 78.2 cm³/mol. The van der Waals surface area contributed by atoms with E-state index in [0.29, 0.717) is 11.7 Å².